The summed E-state index contributed by atoms with van der Waals surface area (Å²) in [6.07, 6.45) is 3.30. The van der Waals surface area contributed by atoms with Gasteiger partial charge in [-0.3, -0.25) is 0 Å². The molecular formula is C17H16. The zero-order valence-corrected chi connectivity index (χ0v) is 10.3. The van der Waals surface area contributed by atoms with Crippen LogP contribution < -0.4 is 0 Å². The molecule has 0 saturated carbocycles. The molecule has 0 amide bonds. The van der Waals surface area contributed by atoms with E-state index < -0.39 is 0 Å². The van der Waals surface area contributed by atoms with Crippen LogP contribution >= 0.6 is 0 Å². The summed E-state index contributed by atoms with van der Waals surface area (Å²) in [5, 5.41) is 0. The van der Waals surface area contributed by atoms with Crippen LogP contribution in [0.2, 0.25) is 0 Å². The molecule has 84 valence electrons. The molecule has 0 atom stereocenters. The molecule has 2 aromatic rings. The largest absolute Gasteiger partial charge is 0.0791 e. The number of hydrogen-bond donors (Lipinski definition) is 0. The molecule has 0 saturated heterocycles. The van der Waals surface area contributed by atoms with Crippen LogP contribution in [0.5, 0.6) is 0 Å². The van der Waals surface area contributed by atoms with Crippen LogP contribution in [0.15, 0.2) is 48.5 Å². The second-order valence-corrected chi connectivity index (χ2v) is 4.65. The molecule has 0 bridgehead atoms. The first kappa shape index (κ1) is 10.3. The molecule has 0 aromatic heterocycles. The Bertz CT molecular complexity index is 603. The monoisotopic (exact) mass is 220 g/mol. The molecule has 0 nitrogen and oxygen atoms in total. The third-order valence-electron chi connectivity index (χ3n) is 3.61. The van der Waals surface area contributed by atoms with Crippen molar-refractivity contribution in [2.24, 2.45) is 0 Å². The smallest absolute Gasteiger partial charge is 0.00134 e. The molecule has 1 aliphatic rings. The lowest BCUT2D eigenvalue weighted by atomic mass is 9.80. The van der Waals surface area contributed by atoms with Crippen LogP contribution in [-0.2, 0) is 6.42 Å². The number of aryl methyl sites for hydroxylation is 1. The van der Waals surface area contributed by atoms with Gasteiger partial charge in [0.15, 0.2) is 0 Å². The highest BCUT2D eigenvalue weighted by Gasteiger charge is 2.19. The van der Waals surface area contributed by atoms with Gasteiger partial charge < -0.3 is 0 Å². The van der Waals surface area contributed by atoms with Gasteiger partial charge in [0, 0.05) is 0 Å². The predicted octanol–water partition coefficient (Wildman–Crippen LogP) is 4.35. The van der Waals surface area contributed by atoms with Crippen molar-refractivity contribution in [1.82, 2.24) is 0 Å². The summed E-state index contributed by atoms with van der Waals surface area (Å²) in [5.74, 6) is 0. The highest BCUT2D eigenvalue weighted by molar-refractivity contribution is 5.86. The third kappa shape index (κ3) is 1.52. The molecule has 2 aromatic carbocycles. The van der Waals surface area contributed by atoms with E-state index in [0.717, 1.165) is 6.42 Å². The lowest BCUT2D eigenvalue weighted by Gasteiger charge is -2.24. The van der Waals surface area contributed by atoms with Gasteiger partial charge in [0.25, 0.3) is 0 Å². The number of hydrogen-bond acceptors (Lipinski definition) is 0. The standard InChI is InChI=1S/C17H16/c1-3-15-16-10-5-4-8-13(16)11-14-9-6-7-12(2)17(14)15/h3-10H,11H2,1-2H3/b15-3-. The lowest BCUT2D eigenvalue weighted by Crippen LogP contribution is -2.07. The highest BCUT2D eigenvalue weighted by Crippen LogP contribution is 2.37. The van der Waals surface area contributed by atoms with Crippen LogP contribution in [0.3, 0.4) is 0 Å². The quantitative estimate of drug-likeness (QED) is 0.528. The number of rotatable bonds is 0. The maximum Gasteiger partial charge on any atom is -0.00134 e. The Morgan fingerprint density at radius 2 is 1.71 bits per heavy atom. The first-order valence-corrected chi connectivity index (χ1v) is 6.14. The first-order valence-electron chi connectivity index (χ1n) is 6.14. The Morgan fingerprint density at radius 3 is 2.53 bits per heavy atom. The van der Waals surface area contributed by atoms with E-state index in [2.05, 4.69) is 62.4 Å². The highest BCUT2D eigenvalue weighted by atomic mass is 14.2. The molecule has 0 aliphatic heterocycles. The fourth-order valence-electron chi connectivity index (χ4n) is 2.84. The normalized spacial score (nSPS) is 15.5. The van der Waals surface area contributed by atoms with Crippen LogP contribution in [0.4, 0.5) is 0 Å². The molecule has 0 fully saturated rings. The fourth-order valence-corrected chi connectivity index (χ4v) is 2.84. The first-order chi connectivity index (χ1) is 8.31. The average molecular weight is 220 g/mol. The molecule has 3 rings (SSSR count). The summed E-state index contributed by atoms with van der Waals surface area (Å²) in [5.41, 5.74) is 8.51. The van der Waals surface area contributed by atoms with E-state index in [4.69, 9.17) is 0 Å². The van der Waals surface area contributed by atoms with Crippen molar-refractivity contribution in [3.8, 4) is 0 Å². The van der Waals surface area contributed by atoms with Gasteiger partial charge in [-0.1, -0.05) is 48.5 Å². The number of benzene rings is 2. The van der Waals surface area contributed by atoms with Crippen molar-refractivity contribution in [1.29, 1.82) is 0 Å². The summed E-state index contributed by atoms with van der Waals surface area (Å²) in [7, 11) is 0. The van der Waals surface area contributed by atoms with E-state index in [1.54, 1.807) is 0 Å². The molecule has 0 radical (unpaired) electrons. The van der Waals surface area contributed by atoms with Gasteiger partial charge in [-0.05, 0) is 53.7 Å². The Balaban J connectivity index is 2.31. The van der Waals surface area contributed by atoms with E-state index in [0.29, 0.717) is 0 Å². The third-order valence-corrected chi connectivity index (χ3v) is 3.61. The second-order valence-electron chi connectivity index (χ2n) is 4.65. The average Bonchev–Trinajstić information content (AvgIpc) is 2.36. The van der Waals surface area contributed by atoms with Gasteiger partial charge in [0.2, 0.25) is 0 Å². The summed E-state index contributed by atoms with van der Waals surface area (Å²) in [6, 6.07) is 15.4. The SMILES string of the molecule is C/C=C1/c2ccccc2Cc2cccc(C)c21. The Hall–Kier alpha value is -1.82. The van der Waals surface area contributed by atoms with Crippen LogP contribution in [-0.4, -0.2) is 0 Å². The number of allylic oxidation sites excluding steroid dienone is 1. The zero-order valence-electron chi connectivity index (χ0n) is 10.3. The van der Waals surface area contributed by atoms with Crippen molar-refractivity contribution in [2.75, 3.05) is 0 Å². The Kier molecular flexibility index (Phi) is 2.36. The van der Waals surface area contributed by atoms with E-state index in [9.17, 15) is 0 Å². The van der Waals surface area contributed by atoms with E-state index in [-0.39, 0.29) is 0 Å². The number of fused-ring (bicyclic) bond motifs is 2. The van der Waals surface area contributed by atoms with E-state index in [1.807, 2.05) is 0 Å². The van der Waals surface area contributed by atoms with Gasteiger partial charge >= 0.3 is 0 Å². The van der Waals surface area contributed by atoms with Crippen molar-refractivity contribution in [3.05, 3.63) is 76.4 Å². The van der Waals surface area contributed by atoms with Gasteiger partial charge in [0.1, 0.15) is 0 Å². The topological polar surface area (TPSA) is 0 Å². The van der Waals surface area contributed by atoms with Gasteiger partial charge in [-0.15, -0.1) is 0 Å². The van der Waals surface area contributed by atoms with Gasteiger partial charge in [-0.2, -0.15) is 0 Å². The molecule has 0 heterocycles. The molecular weight excluding hydrogens is 204 g/mol. The van der Waals surface area contributed by atoms with Crippen molar-refractivity contribution in [2.45, 2.75) is 20.3 Å². The minimum atomic E-state index is 1.06. The second kappa shape index (κ2) is 3.89. The summed E-state index contributed by atoms with van der Waals surface area (Å²) in [4.78, 5) is 0. The molecule has 17 heavy (non-hydrogen) atoms. The maximum atomic E-state index is 2.25. The zero-order chi connectivity index (χ0) is 11.8. The minimum Gasteiger partial charge on any atom is -0.0791 e. The van der Waals surface area contributed by atoms with Gasteiger partial charge in [-0.25, -0.2) is 0 Å². The summed E-state index contributed by atoms with van der Waals surface area (Å²) < 4.78 is 0. The molecule has 1 aliphatic carbocycles. The van der Waals surface area contributed by atoms with Crippen LogP contribution in [0.25, 0.3) is 5.57 Å². The van der Waals surface area contributed by atoms with Crippen molar-refractivity contribution >= 4 is 5.57 Å². The maximum absolute atomic E-state index is 2.25. The van der Waals surface area contributed by atoms with E-state index >= 15 is 0 Å². The molecule has 0 heteroatoms. The fraction of sp³-hybridized carbons (Fsp3) is 0.176. The molecule has 0 N–H and O–H groups in total. The minimum absolute atomic E-state index is 1.06. The molecule has 0 spiro atoms. The van der Waals surface area contributed by atoms with Crippen molar-refractivity contribution in [3.63, 3.8) is 0 Å². The Morgan fingerprint density at radius 1 is 0.941 bits per heavy atom. The predicted molar refractivity (Wildman–Crippen MR) is 73.2 cm³/mol. The Labute approximate surface area is 103 Å². The van der Waals surface area contributed by atoms with Crippen LogP contribution in [0.1, 0.15) is 34.7 Å². The van der Waals surface area contributed by atoms with Crippen LogP contribution in [0, 0.1) is 6.92 Å². The molecule has 0 unspecified atom stereocenters. The summed E-state index contributed by atoms with van der Waals surface area (Å²) >= 11 is 0. The van der Waals surface area contributed by atoms with Crippen molar-refractivity contribution < 1.29 is 0 Å². The lowest BCUT2D eigenvalue weighted by molar-refractivity contribution is 1.12. The van der Waals surface area contributed by atoms with Gasteiger partial charge in [0.05, 0.1) is 0 Å². The van der Waals surface area contributed by atoms with E-state index in [1.165, 1.54) is 33.4 Å². The summed E-state index contributed by atoms with van der Waals surface area (Å²) in [6.45, 7) is 4.34.